The van der Waals surface area contributed by atoms with E-state index in [0.29, 0.717) is 5.75 Å². The molecule has 0 bridgehead atoms. The molecule has 3 aromatic carbocycles. The molecule has 0 fully saturated rings. The van der Waals surface area contributed by atoms with Gasteiger partial charge in [0, 0.05) is 11.4 Å². The average molecular weight is 481 g/mol. The van der Waals surface area contributed by atoms with Crippen molar-refractivity contribution >= 4 is 27.7 Å². The molecule has 0 radical (unpaired) electrons. The first-order valence-corrected chi connectivity index (χ1v) is 10.8. The number of amides is 2. The summed E-state index contributed by atoms with van der Waals surface area (Å²) < 4.78 is 6.17. The van der Waals surface area contributed by atoms with Gasteiger partial charge < -0.3 is 15.4 Å². The maximum absolute atomic E-state index is 13.1. The summed E-state index contributed by atoms with van der Waals surface area (Å²) in [7, 11) is 1.60. The fourth-order valence-corrected chi connectivity index (χ4v) is 3.66. The normalized spacial score (nSPS) is 12.5. The number of rotatable bonds is 8. The molecule has 2 N–H and O–H groups in total. The third-order valence-corrected chi connectivity index (χ3v) is 5.46. The molecular formula is C25H25BrN2O3. The average Bonchev–Trinajstić information content (AvgIpc) is 2.78. The van der Waals surface area contributed by atoms with Crippen LogP contribution >= 0.6 is 15.9 Å². The Morgan fingerprint density at radius 3 is 2.00 bits per heavy atom. The van der Waals surface area contributed by atoms with Crippen molar-refractivity contribution in [2.24, 2.45) is 0 Å². The molecule has 0 aliphatic rings. The smallest absolute Gasteiger partial charge is 0.223 e. The van der Waals surface area contributed by atoms with Crippen LogP contribution in [0.15, 0.2) is 83.3 Å². The van der Waals surface area contributed by atoms with Gasteiger partial charge in [-0.3, -0.25) is 9.59 Å². The molecule has 2 unspecified atom stereocenters. The maximum atomic E-state index is 13.1. The lowest BCUT2D eigenvalue weighted by Crippen LogP contribution is -2.34. The molecule has 0 spiro atoms. The second-order valence-corrected chi connectivity index (χ2v) is 8.11. The third-order valence-electron chi connectivity index (χ3n) is 4.93. The Kier molecular flexibility index (Phi) is 7.84. The SMILES string of the molecule is COc1ccc(C(CC(=O)NC(c2ccccc2)c2ccc(Br)cc2)NC(C)=O)cc1. The quantitative estimate of drug-likeness (QED) is 0.480. The molecule has 3 aromatic rings. The van der Waals surface area contributed by atoms with Crippen LogP contribution in [-0.2, 0) is 9.59 Å². The third kappa shape index (κ3) is 6.43. The molecule has 0 heterocycles. The van der Waals surface area contributed by atoms with Gasteiger partial charge >= 0.3 is 0 Å². The molecule has 2 amide bonds. The number of ether oxygens (including phenoxy) is 1. The fourth-order valence-electron chi connectivity index (χ4n) is 3.40. The molecule has 160 valence electrons. The Labute approximate surface area is 191 Å². The molecular weight excluding hydrogens is 456 g/mol. The van der Waals surface area contributed by atoms with E-state index in [0.717, 1.165) is 21.2 Å². The summed E-state index contributed by atoms with van der Waals surface area (Å²) in [6.07, 6.45) is 0.117. The van der Waals surface area contributed by atoms with Crippen LogP contribution in [0.5, 0.6) is 5.75 Å². The Hall–Kier alpha value is -3.12. The van der Waals surface area contributed by atoms with Crippen LogP contribution in [0.2, 0.25) is 0 Å². The molecule has 0 aromatic heterocycles. The first kappa shape index (κ1) is 22.6. The van der Waals surface area contributed by atoms with Gasteiger partial charge in [-0.25, -0.2) is 0 Å². The fraction of sp³-hybridized carbons (Fsp3) is 0.200. The number of methoxy groups -OCH3 is 1. The maximum Gasteiger partial charge on any atom is 0.223 e. The number of hydrogen-bond acceptors (Lipinski definition) is 3. The minimum atomic E-state index is -0.440. The predicted octanol–water partition coefficient (Wildman–Crippen LogP) is 4.93. The lowest BCUT2D eigenvalue weighted by molar-refractivity contribution is -0.123. The summed E-state index contributed by atoms with van der Waals surface area (Å²) in [6.45, 7) is 1.45. The van der Waals surface area contributed by atoms with Gasteiger partial charge in [0.25, 0.3) is 0 Å². The number of carbonyl (C=O) groups excluding carboxylic acids is 2. The molecule has 0 aliphatic carbocycles. The molecule has 31 heavy (non-hydrogen) atoms. The second kappa shape index (κ2) is 10.8. The molecule has 0 saturated heterocycles. The van der Waals surface area contributed by atoms with Crippen molar-refractivity contribution in [2.75, 3.05) is 7.11 Å². The monoisotopic (exact) mass is 480 g/mol. The first-order chi connectivity index (χ1) is 15.0. The van der Waals surface area contributed by atoms with Crippen LogP contribution in [0.3, 0.4) is 0 Å². The van der Waals surface area contributed by atoms with E-state index in [4.69, 9.17) is 4.74 Å². The summed E-state index contributed by atoms with van der Waals surface area (Å²) >= 11 is 3.46. The Bertz CT molecular complexity index is 1010. The number of hydrogen-bond donors (Lipinski definition) is 2. The second-order valence-electron chi connectivity index (χ2n) is 7.19. The van der Waals surface area contributed by atoms with Crippen LogP contribution in [0.1, 0.15) is 42.1 Å². The zero-order valence-electron chi connectivity index (χ0n) is 17.5. The van der Waals surface area contributed by atoms with E-state index in [9.17, 15) is 9.59 Å². The van der Waals surface area contributed by atoms with Crippen LogP contribution in [0.4, 0.5) is 0 Å². The lowest BCUT2D eigenvalue weighted by atomic mass is 9.97. The standard InChI is InChI=1S/C25H25BrN2O3/c1-17(29)27-23(18-10-14-22(31-2)15-11-18)16-24(30)28-25(19-6-4-3-5-7-19)20-8-12-21(26)13-9-20/h3-15,23,25H,16H2,1-2H3,(H,27,29)(H,28,30). The number of nitrogens with one attached hydrogen (secondary N) is 2. The Balaban J connectivity index is 1.81. The van der Waals surface area contributed by atoms with E-state index >= 15 is 0 Å². The van der Waals surface area contributed by atoms with Gasteiger partial charge in [0.05, 0.1) is 25.6 Å². The van der Waals surface area contributed by atoms with E-state index in [2.05, 4.69) is 26.6 Å². The van der Waals surface area contributed by atoms with Gasteiger partial charge in [-0.05, 0) is 41.0 Å². The molecule has 6 heteroatoms. The minimum Gasteiger partial charge on any atom is -0.497 e. The molecule has 5 nitrogen and oxygen atoms in total. The molecule has 2 atom stereocenters. The zero-order chi connectivity index (χ0) is 22.2. The topological polar surface area (TPSA) is 67.4 Å². The van der Waals surface area contributed by atoms with E-state index in [-0.39, 0.29) is 24.3 Å². The van der Waals surface area contributed by atoms with Crippen LogP contribution in [0, 0.1) is 0 Å². The molecule has 3 rings (SSSR count). The first-order valence-electron chi connectivity index (χ1n) is 9.97. The number of halogens is 1. The summed E-state index contributed by atoms with van der Waals surface area (Å²) in [5.74, 6) is 0.363. The van der Waals surface area contributed by atoms with Gasteiger partial charge in [-0.15, -0.1) is 0 Å². The largest absolute Gasteiger partial charge is 0.497 e. The van der Waals surface area contributed by atoms with Gasteiger partial charge in [0.2, 0.25) is 11.8 Å². The van der Waals surface area contributed by atoms with Crippen molar-refractivity contribution in [3.8, 4) is 5.75 Å². The Morgan fingerprint density at radius 2 is 1.42 bits per heavy atom. The van der Waals surface area contributed by atoms with Gasteiger partial charge in [-0.2, -0.15) is 0 Å². The molecule has 0 aliphatic heterocycles. The van der Waals surface area contributed by atoms with Crippen molar-refractivity contribution in [3.63, 3.8) is 0 Å². The van der Waals surface area contributed by atoms with Crippen molar-refractivity contribution in [3.05, 3.63) is 100 Å². The minimum absolute atomic E-state index is 0.117. The Morgan fingerprint density at radius 1 is 0.839 bits per heavy atom. The van der Waals surface area contributed by atoms with Gasteiger partial charge in [0.1, 0.15) is 5.75 Å². The van der Waals surface area contributed by atoms with Crippen molar-refractivity contribution in [2.45, 2.75) is 25.4 Å². The summed E-state index contributed by atoms with van der Waals surface area (Å²) in [5, 5.41) is 6.01. The van der Waals surface area contributed by atoms with Crippen LogP contribution < -0.4 is 15.4 Å². The van der Waals surface area contributed by atoms with E-state index in [1.165, 1.54) is 6.92 Å². The van der Waals surface area contributed by atoms with Crippen LogP contribution in [0.25, 0.3) is 0 Å². The van der Waals surface area contributed by atoms with Crippen LogP contribution in [-0.4, -0.2) is 18.9 Å². The highest BCUT2D eigenvalue weighted by atomic mass is 79.9. The predicted molar refractivity (Wildman–Crippen MR) is 125 cm³/mol. The zero-order valence-corrected chi connectivity index (χ0v) is 19.1. The van der Waals surface area contributed by atoms with Gasteiger partial charge in [0.15, 0.2) is 0 Å². The lowest BCUT2D eigenvalue weighted by Gasteiger charge is -2.23. The highest BCUT2D eigenvalue weighted by molar-refractivity contribution is 9.10. The summed E-state index contributed by atoms with van der Waals surface area (Å²) in [6, 6.07) is 24.3. The highest BCUT2D eigenvalue weighted by Gasteiger charge is 2.21. The number of carbonyl (C=O) groups is 2. The summed E-state index contributed by atoms with van der Waals surface area (Å²) in [5.41, 5.74) is 2.80. The van der Waals surface area contributed by atoms with Gasteiger partial charge in [-0.1, -0.05) is 70.5 Å². The van der Waals surface area contributed by atoms with Crippen molar-refractivity contribution < 1.29 is 14.3 Å². The summed E-state index contributed by atoms with van der Waals surface area (Å²) in [4.78, 5) is 24.8. The van der Waals surface area contributed by atoms with Crippen molar-refractivity contribution in [1.82, 2.24) is 10.6 Å². The van der Waals surface area contributed by atoms with E-state index in [1.807, 2.05) is 78.9 Å². The number of benzene rings is 3. The van der Waals surface area contributed by atoms with Crippen molar-refractivity contribution in [1.29, 1.82) is 0 Å². The molecule has 0 saturated carbocycles. The van der Waals surface area contributed by atoms with E-state index < -0.39 is 6.04 Å². The highest BCUT2D eigenvalue weighted by Crippen LogP contribution is 2.25. The van der Waals surface area contributed by atoms with E-state index in [1.54, 1.807) is 7.11 Å².